The molecule has 0 bridgehead atoms. The van der Waals surface area contributed by atoms with Gasteiger partial charge >= 0.3 is 0 Å². The minimum atomic E-state index is -4.33. The molecule has 4 aromatic carbocycles. The average Bonchev–Trinajstić information content (AvgIpc) is 3.00. The molecule has 0 aromatic heterocycles. The van der Waals surface area contributed by atoms with E-state index in [9.17, 15) is 22.4 Å². The molecule has 11 heteroatoms. The van der Waals surface area contributed by atoms with Crippen molar-refractivity contribution in [3.63, 3.8) is 0 Å². The zero-order chi connectivity index (χ0) is 32.8. The van der Waals surface area contributed by atoms with Crippen LogP contribution in [0.3, 0.4) is 0 Å². The van der Waals surface area contributed by atoms with Crippen LogP contribution in [0.2, 0.25) is 5.02 Å². The molecule has 0 saturated heterocycles. The molecular formula is C34H34BrClFN3O4S. The zero-order valence-electron chi connectivity index (χ0n) is 25.1. The molecule has 0 aliphatic carbocycles. The van der Waals surface area contributed by atoms with E-state index in [1.54, 1.807) is 18.2 Å². The monoisotopic (exact) mass is 713 g/mol. The summed E-state index contributed by atoms with van der Waals surface area (Å²) in [5.41, 5.74) is 0.946. The maximum Gasteiger partial charge on any atom is 0.264 e. The van der Waals surface area contributed by atoms with Gasteiger partial charge in [0, 0.05) is 23.0 Å². The third kappa shape index (κ3) is 9.15. The first-order chi connectivity index (χ1) is 21.2. The Balaban J connectivity index is 1.82. The van der Waals surface area contributed by atoms with E-state index in [1.165, 1.54) is 23.1 Å². The lowest BCUT2D eigenvalue weighted by Gasteiger charge is -2.35. The van der Waals surface area contributed by atoms with Crippen molar-refractivity contribution in [2.24, 2.45) is 0 Å². The van der Waals surface area contributed by atoms with Gasteiger partial charge in [0.1, 0.15) is 18.4 Å². The highest BCUT2D eigenvalue weighted by Gasteiger charge is 2.35. The lowest BCUT2D eigenvalue weighted by atomic mass is 10.0. The van der Waals surface area contributed by atoms with E-state index in [0.29, 0.717) is 0 Å². The van der Waals surface area contributed by atoms with Crippen molar-refractivity contribution in [1.82, 2.24) is 10.2 Å². The van der Waals surface area contributed by atoms with Gasteiger partial charge in [0.15, 0.2) is 0 Å². The molecular weight excluding hydrogens is 681 g/mol. The number of rotatable bonds is 11. The summed E-state index contributed by atoms with van der Waals surface area (Å²) >= 11 is 9.50. The van der Waals surface area contributed by atoms with Crippen molar-refractivity contribution >= 4 is 55.1 Å². The number of nitrogens with one attached hydrogen (secondary N) is 1. The summed E-state index contributed by atoms with van der Waals surface area (Å²) in [5, 5.41) is 2.69. The van der Waals surface area contributed by atoms with E-state index in [4.69, 9.17) is 11.6 Å². The average molecular weight is 715 g/mol. The van der Waals surface area contributed by atoms with Gasteiger partial charge in [0.05, 0.1) is 15.6 Å². The zero-order valence-corrected chi connectivity index (χ0v) is 28.2. The van der Waals surface area contributed by atoms with E-state index in [1.807, 2.05) is 75.4 Å². The molecule has 2 amide bonds. The van der Waals surface area contributed by atoms with Gasteiger partial charge in [-0.05, 0) is 74.4 Å². The quantitative estimate of drug-likeness (QED) is 0.182. The summed E-state index contributed by atoms with van der Waals surface area (Å²) in [6.07, 6.45) is 0.179. The molecule has 1 N–H and O–H groups in total. The molecule has 45 heavy (non-hydrogen) atoms. The van der Waals surface area contributed by atoms with Crippen LogP contribution in [0.15, 0.2) is 112 Å². The van der Waals surface area contributed by atoms with Gasteiger partial charge in [-0.3, -0.25) is 13.9 Å². The van der Waals surface area contributed by atoms with Crippen LogP contribution in [0.4, 0.5) is 10.1 Å². The summed E-state index contributed by atoms with van der Waals surface area (Å²) in [6.45, 7) is 4.88. The fraction of sp³-hybridized carbons (Fsp3) is 0.235. The second kappa shape index (κ2) is 14.6. The van der Waals surface area contributed by atoms with Gasteiger partial charge in [0.2, 0.25) is 11.8 Å². The van der Waals surface area contributed by atoms with Crippen molar-refractivity contribution in [3.05, 3.63) is 130 Å². The van der Waals surface area contributed by atoms with E-state index in [-0.39, 0.29) is 34.5 Å². The van der Waals surface area contributed by atoms with Crippen LogP contribution in [0, 0.1) is 5.82 Å². The van der Waals surface area contributed by atoms with Crippen molar-refractivity contribution < 1.29 is 22.4 Å². The highest BCUT2D eigenvalue weighted by molar-refractivity contribution is 9.10. The van der Waals surface area contributed by atoms with Gasteiger partial charge in [0.25, 0.3) is 10.0 Å². The van der Waals surface area contributed by atoms with Crippen molar-refractivity contribution in [2.75, 3.05) is 10.8 Å². The molecule has 0 radical (unpaired) electrons. The Labute approximate surface area is 277 Å². The van der Waals surface area contributed by atoms with Crippen LogP contribution in [-0.2, 0) is 32.6 Å². The molecule has 0 fully saturated rings. The lowest BCUT2D eigenvalue weighted by molar-refractivity contribution is -0.140. The molecule has 1 atom stereocenters. The first-order valence-electron chi connectivity index (χ1n) is 14.2. The van der Waals surface area contributed by atoms with E-state index >= 15 is 0 Å². The Morgan fingerprint density at radius 1 is 0.889 bits per heavy atom. The predicted molar refractivity (Wildman–Crippen MR) is 179 cm³/mol. The summed E-state index contributed by atoms with van der Waals surface area (Å²) in [5.74, 6) is -1.76. The van der Waals surface area contributed by atoms with Gasteiger partial charge in [-0.15, -0.1) is 0 Å². The van der Waals surface area contributed by atoms with Crippen LogP contribution < -0.4 is 9.62 Å². The minimum Gasteiger partial charge on any atom is -0.350 e. The van der Waals surface area contributed by atoms with E-state index in [0.717, 1.165) is 32.0 Å². The fourth-order valence-corrected chi connectivity index (χ4v) is 6.55. The first-order valence-corrected chi connectivity index (χ1v) is 16.8. The van der Waals surface area contributed by atoms with Gasteiger partial charge in [-0.25, -0.2) is 12.8 Å². The molecule has 4 rings (SSSR count). The molecule has 7 nitrogen and oxygen atoms in total. The topological polar surface area (TPSA) is 86.8 Å². The Bertz CT molecular complexity index is 1740. The minimum absolute atomic E-state index is 0.000877. The molecule has 0 heterocycles. The number of benzene rings is 4. The predicted octanol–water partition coefficient (Wildman–Crippen LogP) is 6.99. The van der Waals surface area contributed by atoms with Crippen molar-refractivity contribution in [3.8, 4) is 0 Å². The number of carbonyl (C=O) groups excluding carboxylic acids is 2. The van der Waals surface area contributed by atoms with Crippen molar-refractivity contribution in [2.45, 2.75) is 50.2 Å². The number of anilines is 1. The molecule has 0 saturated carbocycles. The molecule has 0 unspecified atom stereocenters. The number of hydrogen-bond acceptors (Lipinski definition) is 4. The van der Waals surface area contributed by atoms with Crippen LogP contribution in [0.1, 0.15) is 31.9 Å². The molecule has 236 valence electrons. The summed E-state index contributed by atoms with van der Waals surface area (Å²) in [7, 11) is -4.33. The number of halogens is 3. The molecule has 0 aliphatic heterocycles. The SMILES string of the molecule is CC(C)(C)NC(=O)[C@H](Cc1ccccc1)N(Cc1ccc(Br)cc1)C(=O)CN(c1ccc(F)c(Cl)c1)S(=O)(=O)c1ccccc1. The molecule has 4 aromatic rings. The maximum atomic E-state index is 14.5. The number of carbonyl (C=O) groups is 2. The Morgan fingerprint density at radius 2 is 1.49 bits per heavy atom. The highest BCUT2D eigenvalue weighted by Crippen LogP contribution is 2.28. The molecule has 0 spiro atoms. The van der Waals surface area contributed by atoms with Crippen LogP contribution in [0.5, 0.6) is 0 Å². The smallest absolute Gasteiger partial charge is 0.264 e. The normalized spacial score (nSPS) is 12.3. The summed E-state index contributed by atoms with van der Waals surface area (Å²) < 4.78 is 43.9. The van der Waals surface area contributed by atoms with E-state index < -0.39 is 39.9 Å². The Kier molecular flexibility index (Phi) is 11.1. The van der Waals surface area contributed by atoms with Gasteiger partial charge in [-0.2, -0.15) is 0 Å². The van der Waals surface area contributed by atoms with Crippen LogP contribution in [0.25, 0.3) is 0 Å². The largest absolute Gasteiger partial charge is 0.350 e. The Hall–Kier alpha value is -3.73. The number of nitrogens with zero attached hydrogens (tertiary/aromatic N) is 2. The van der Waals surface area contributed by atoms with Gasteiger partial charge in [-0.1, -0.05) is 88.2 Å². The fourth-order valence-electron chi connectivity index (χ4n) is 4.68. The maximum absolute atomic E-state index is 14.5. The third-order valence-corrected chi connectivity index (χ3v) is 9.44. The van der Waals surface area contributed by atoms with Gasteiger partial charge < -0.3 is 10.2 Å². The second-order valence-electron chi connectivity index (χ2n) is 11.5. The lowest BCUT2D eigenvalue weighted by Crippen LogP contribution is -2.56. The molecule has 0 aliphatic rings. The standard InChI is InChI=1S/C34H34BrClFN3O4S/c1-34(2,3)38-33(42)31(20-24-10-6-4-7-11-24)39(22-25-14-16-26(35)17-15-25)32(41)23-40(27-18-19-30(37)29(36)21-27)45(43,44)28-12-8-5-9-13-28/h4-19,21,31H,20,22-23H2,1-3H3,(H,38,42)/t31-/m0/s1. The number of hydrogen-bond donors (Lipinski definition) is 1. The third-order valence-electron chi connectivity index (χ3n) is 6.84. The summed E-state index contributed by atoms with van der Waals surface area (Å²) in [6, 6.07) is 26.7. The number of amides is 2. The number of sulfonamides is 1. The Morgan fingerprint density at radius 3 is 2.07 bits per heavy atom. The summed E-state index contributed by atoms with van der Waals surface area (Å²) in [4.78, 5) is 29.7. The van der Waals surface area contributed by atoms with Crippen molar-refractivity contribution in [1.29, 1.82) is 0 Å². The second-order valence-corrected chi connectivity index (χ2v) is 14.7. The highest BCUT2D eigenvalue weighted by atomic mass is 79.9. The van der Waals surface area contributed by atoms with Crippen LogP contribution in [-0.4, -0.2) is 43.3 Å². The first kappa shape index (κ1) is 34.1. The van der Waals surface area contributed by atoms with Crippen LogP contribution >= 0.6 is 27.5 Å². The van der Waals surface area contributed by atoms with E-state index in [2.05, 4.69) is 21.2 Å².